The van der Waals surface area contributed by atoms with E-state index in [1.807, 2.05) is 58.8 Å². The average molecular weight is 411 g/mol. The van der Waals surface area contributed by atoms with Crippen molar-refractivity contribution in [3.05, 3.63) is 60.7 Å². The van der Waals surface area contributed by atoms with Crippen LogP contribution in [-0.2, 0) is 4.79 Å². The average Bonchev–Trinajstić information content (AvgIpc) is 3.52. The SMILES string of the molecule is Cc1cc(-c2nc3ncccn3c2-c2ccc3c(c2)N(CC2CC2)C(=O)CO3)ccn1. The molecule has 1 fully saturated rings. The maximum absolute atomic E-state index is 12.6. The van der Waals surface area contributed by atoms with Gasteiger partial charge in [0.25, 0.3) is 5.91 Å². The summed E-state index contributed by atoms with van der Waals surface area (Å²) in [5.41, 5.74) is 5.46. The van der Waals surface area contributed by atoms with E-state index in [0.29, 0.717) is 11.7 Å². The molecule has 0 bridgehead atoms. The van der Waals surface area contributed by atoms with Gasteiger partial charge in [0.15, 0.2) is 6.61 Å². The van der Waals surface area contributed by atoms with Crippen LogP contribution in [0.3, 0.4) is 0 Å². The molecular formula is C24H21N5O2. The molecule has 3 aromatic heterocycles. The number of pyridine rings is 1. The number of aromatic nitrogens is 4. The molecule has 6 rings (SSSR count). The maximum Gasteiger partial charge on any atom is 0.265 e. The van der Waals surface area contributed by atoms with E-state index in [2.05, 4.69) is 9.97 Å². The molecule has 7 heteroatoms. The Morgan fingerprint density at radius 1 is 1.10 bits per heavy atom. The molecule has 154 valence electrons. The van der Waals surface area contributed by atoms with Crippen LogP contribution in [0, 0.1) is 12.8 Å². The van der Waals surface area contributed by atoms with Crippen molar-refractivity contribution in [3.63, 3.8) is 0 Å². The van der Waals surface area contributed by atoms with E-state index < -0.39 is 0 Å². The molecule has 31 heavy (non-hydrogen) atoms. The third kappa shape index (κ3) is 3.13. The highest BCUT2D eigenvalue weighted by Crippen LogP contribution is 2.41. The molecule has 1 aliphatic carbocycles. The first kappa shape index (κ1) is 18.1. The zero-order valence-electron chi connectivity index (χ0n) is 17.2. The van der Waals surface area contributed by atoms with E-state index in [1.54, 1.807) is 12.4 Å². The van der Waals surface area contributed by atoms with Crippen LogP contribution < -0.4 is 9.64 Å². The predicted molar refractivity (Wildman–Crippen MR) is 117 cm³/mol. The first-order valence-electron chi connectivity index (χ1n) is 10.5. The summed E-state index contributed by atoms with van der Waals surface area (Å²) in [5, 5.41) is 0. The number of hydrogen-bond donors (Lipinski definition) is 0. The Morgan fingerprint density at radius 3 is 2.84 bits per heavy atom. The van der Waals surface area contributed by atoms with Gasteiger partial charge in [-0.25, -0.2) is 9.97 Å². The first-order chi connectivity index (χ1) is 15.2. The minimum Gasteiger partial charge on any atom is -0.482 e. The number of imidazole rings is 1. The molecule has 1 aliphatic heterocycles. The summed E-state index contributed by atoms with van der Waals surface area (Å²) in [7, 11) is 0. The van der Waals surface area contributed by atoms with Crippen LogP contribution in [0.25, 0.3) is 28.3 Å². The Balaban J connectivity index is 1.55. The van der Waals surface area contributed by atoms with Crippen molar-refractivity contribution < 1.29 is 9.53 Å². The summed E-state index contributed by atoms with van der Waals surface area (Å²) in [6.07, 6.45) is 7.87. The highest BCUT2D eigenvalue weighted by molar-refractivity contribution is 5.99. The molecular weight excluding hydrogens is 390 g/mol. The van der Waals surface area contributed by atoms with Gasteiger partial charge in [-0.2, -0.15) is 0 Å². The van der Waals surface area contributed by atoms with Crippen LogP contribution in [0.1, 0.15) is 18.5 Å². The molecule has 0 atom stereocenters. The third-order valence-corrected chi connectivity index (χ3v) is 5.89. The highest BCUT2D eigenvalue weighted by Gasteiger charge is 2.32. The number of fused-ring (bicyclic) bond motifs is 2. The standard InChI is InChI=1S/C24H21N5O2/c1-15-11-17(7-9-25-15)22-23(28-10-2-8-26-24(28)27-22)18-5-6-20-19(12-18)29(13-16-3-4-16)21(30)14-31-20/h2,5-12,16H,3-4,13-14H2,1H3. The van der Waals surface area contributed by atoms with Gasteiger partial charge in [0.2, 0.25) is 5.78 Å². The number of anilines is 1. The molecule has 7 nitrogen and oxygen atoms in total. The van der Waals surface area contributed by atoms with Gasteiger partial charge in [-0.3, -0.25) is 14.2 Å². The lowest BCUT2D eigenvalue weighted by Gasteiger charge is -2.30. The van der Waals surface area contributed by atoms with Crippen molar-refractivity contribution in [2.24, 2.45) is 5.92 Å². The second-order valence-corrected chi connectivity index (χ2v) is 8.20. The summed E-state index contributed by atoms with van der Waals surface area (Å²) in [6.45, 7) is 2.82. The van der Waals surface area contributed by atoms with E-state index in [0.717, 1.165) is 46.2 Å². The number of amides is 1. The zero-order chi connectivity index (χ0) is 20.9. The summed E-state index contributed by atoms with van der Waals surface area (Å²) in [6, 6.07) is 11.9. The molecule has 1 amide bonds. The predicted octanol–water partition coefficient (Wildman–Crippen LogP) is 3.90. The van der Waals surface area contributed by atoms with Gasteiger partial charge >= 0.3 is 0 Å². The van der Waals surface area contributed by atoms with Crippen LogP contribution in [0.4, 0.5) is 5.69 Å². The van der Waals surface area contributed by atoms with E-state index in [-0.39, 0.29) is 12.5 Å². The van der Waals surface area contributed by atoms with E-state index in [4.69, 9.17) is 9.72 Å². The van der Waals surface area contributed by atoms with Crippen molar-refractivity contribution in [3.8, 4) is 28.3 Å². The Hall–Kier alpha value is -3.74. The lowest BCUT2D eigenvalue weighted by Crippen LogP contribution is -2.40. The Morgan fingerprint density at radius 2 is 2.00 bits per heavy atom. The minimum absolute atomic E-state index is 0.0151. The molecule has 0 saturated heterocycles. The second-order valence-electron chi connectivity index (χ2n) is 8.20. The summed E-state index contributed by atoms with van der Waals surface area (Å²) in [5.74, 6) is 1.98. The van der Waals surface area contributed by atoms with Crippen LogP contribution in [0.2, 0.25) is 0 Å². The number of nitrogens with zero attached hydrogens (tertiary/aromatic N) is 5. The van der Waals surface area contributed by atoms with Gasteiger partial charge in [0.05, 0.1) is 17.1 Å². The molecule has 0 N–H and O–H groups in total. The van der Waals surface area contributed by atoms with Crippen molar-refractivity contribution in [2.45, 2.75) is 19.8 Å². The molecule has 1 aromatic carbocycles. The second kappa shape index (κ2) is 6.91. The quantitative estimate of drug-likeness (QED) is 0.509. The highest BCUT2D eigenvalue weighted by atomic mass is 16.5. The number of aryl methyl sites for hydroxylation is 1. The number of ether oxygens (including phenoxy) is 1. The Bertz CT molecular complexity index is 1320. The molecule has 0 unspecified atom stereocenters. The van der Waals surface area contributed by atoms with Crippen molar-refractivity contribution in [1.82, 2.24) is 19.4 Å². The van der Waals surface area contributed by atoms with Gasteiger partial charge in [0.1, 0.15) is 5.75 Å². The maximum atomic E-state index is 12.6. The molecule has 0 radical (unpaired) electrons. The van der Waals surface area contributed by atoms with Crippen LogP contribution >= 0.6 is 0 Å². The van der Waals surface area contributed by atoms with E-state index in [9.17, 15) is 4.79 Å². The number of benzene rings is 1. The molecule has 1 saturated carbocycles. The normalized spacial score (nSPS) is 15.8. The largest absolute Gasteiger partial charge is 0.482 e. The van der Waals surface area contributed by atoms with Crippen molar-refractivity contribution in [1.29, 1.82) is 0 Å². The Labute approximate surface area is 179 Å². The molecule has 4 aromatic rings. The van der Waals surface area contributed by atoms with Gasteiger partial charge in [-0.05, 0) is 62.1 Å². The Kier molecular flexibility index (Phi) is 4.02. The summed E-state index contributed by atoms with van der Waals surface area (Å²) >= 11 is 0. The molecule has 2 aliphatic rings. The number of hydrogen-bond acceptors (Lipinski definition) is 5. The van der Waals surface area contributed by atoms with Crippen LogP contribution in [-0.4, -0.2) is 38.4 Å². The molecule has 4 heterocycles. The number of carbonyl (C=O) groups is 1. The number of carbonyl (C=O) groups excluding carboxylic acids is 1. The monoisotopic (exact) mass is 411 g/mol. The topological polar surface area (TPSA) is 72.6 Å². The van der Waals surface area contributed by atoms with E-state index >= 15 is 0 Å². The van der Waals surface area contributed by atoms with Crippen LogP contribution in [0.5, 0.6) is 5.75 Å². The lowest BCUT2D eigenvalue weighted by atomic mass is 10.0. The van der Waals surface area contributed by atoms with E-state index in [1.165, 1.54) is 12.8 Å². The van der Waals surface area contributed by atoms with Gasteiger partial charge in [-0.15, -0.1) is 0 Å². The fourth-order valence-corrected chi connectivity index (χ4v) is 4.17. The fourth-order valence-electron chi connectivity index (χ4n) is 4.17. The van der Waals surface area contributed by atoms with Gasteiger partial charge in [0, 0.05) is 42.0 Å². The van der Waals surface area contributed by atoms with Crippen molar-refractivity contribution >= 4 is 17.4 Å². The lowest BCUT2D eigenvalue weighted by molar-refractivity contribution is -0.121. The zero-order valence-corrected chi connectivity index (χ0v) is 17.2. The third-order valence-electron chi connectivity index (χ3n) is 5.89. The fraction of sp³-hybridized carbons (Fsp3) is 0.250. The van der Waals surface area contributed by atoms with Gasteiger partial charge in [-0.1, -0.05) is 0 Å². The summed E-state index contributed by atoms with van der Waals surface area (Å²) in [4.78, 5) is 28.1. The van der Waals surface area contributed by atoms with Gasteiger partial charge < -0.3 is 9.64 Å². The van der Waals surface area contributed by atoms with Crippen LogP contribution in [0.15, 0.2) is 55.0 Å². The molecule has 0 spiro atoms. The summed E-state index contributed by atoms with van der Waals surface area (Å²) < 4.78 is 7.71. The minimum atomic E-state index is 0.0151. The number of rotatable bonds is 4. The smallest absolute Gasteiger partial charge is 0.265 e. The van der Waals surface area contributed by atoms with Crippen molar-refractivity contribution in [2.75, 3.05) is 18.1 Å². The first-order valence-corrected chi connectivity index (χ1v) is 10.5.